The fourth-order valence-corrected chi connectivity index (χ4v) is 2.57. The molecular formula is C19H19N3O3. The maximum Gasteiger partial charge on any atom is 0.338 e. The summed E-state index contributed by atoms with van der Waals surface area (Å²) in [5.74, 6) is 0.0251. The average molecular weight is 337 g/mol. The Morgan fingerprint density at radius 1 is 1.12 bits per heavy atom. The van der Waals surface area contributed by atoms with E-state index >= 15 is 0 Å². The summed E-state index contributed by atoms with van der Waals surface area (Å²) in [6.45, 7) is 1.64. The number of aryl methyl sites for hydroxylation is 1. The van der Waals surface area contributed by atoms with Crippen molar-refractivity contribution in [3.05, 3.63) is 59.9 Å². The summed E-state index contributed by atoms with van der Waals surface area (Å²) in [7, 11) is 3.22. The lowest BCUT2D eigenvalue weighted by atomic mass is 10.2. The van der Waals surface area contributed by atoms with Gasteiger partial charge in [-0.1, -0.05) is 18.2 Å². The van der Waals surface area contributed by atoms with Crippen LogP contribution in [0, 0.1) is 6.92 Å². The third-order valence-corrected chi connectivity index (χ3v) is 3.90. The topological polar surface area (TPSA) is 64.4 Å². The summed E-state index contributed by atoms with van der Waals surface area (Å²) in [6, 6.07) is 15.1. The van der Waals surface area contributed by atoms with Crippen molar-refractivity contribution in [1.82, 2.24) is 14.5 Å². The van der Waals surface area contributed by atoms with Crippen molar-refractivity contribution < 1.29 is 14.3 Å². The molecule has 1 aromatic heterocycles. The number of rotatable bonds is 4. The lowest BCUT2D eigenvalue weighted by molar-refractivity contribution is -0.131. The van der Waals surface area contributed by atoms with E-state index in [1.165, 1.54) is 4.90 Å². The number of amides is 1. The minimum atomic E-state index is -0.538. The summed E-state index contributed by atoms with van der Waals surface area (Å²) in [5.41, 5.74) is 2.99. The molecule has 1 heterocycles. The van der Waals surface area contributed by atoms with Crippen LogP contribution in [0.25, 0.3) is 16.7 Å². The van der Waals surface area contributed by atoms with E-state index in [9.17, 15) is 9.59 Å². The summed E-state index contributed by atoms with van der Waals surface area (Å²) >= 11 is 0. The molecule has 0 fully saturated rings. The van der Waals surface area contributed by atoms with Crippen LogP contribution in [0.4, 0.5) is 0 Å². The van der Waals surface area contributed by atoms with Crippen LogP contribution in [0.1, 0.15) is 16.2 Å². The quantitative estimate of drug-likeness (QED) is 0.687. The van der Waals surface area contributed by atoms with Crippen molar-refractivity contribution in [3.63, 3.8) is 0 Å². The van der Waals surface area contributed by atoms with Crippen molar-refractivity contribution in [3.8, 4) is 5.69 Å². The van der Waals surface area contributed by atoms with Gasteiger partial charge in [-0.05, 0) is 37.3 Å². The van der Waals surface area contributed by atoms with E-state index in [1.54, 1.807) is 26.2 Å². The zero-order valence-corrected chi connectivity index (χ0v) is 14.4. The number of ether oxygens (including phenoxy) is 1. The first-order valence-electron chi connectivity index (χ1n) is 7.89. The molecule has 1 amide bonds. The van der Waals surface area contributed by atoms with Gasteiger partial charge in [-0.3, -0.25) is 9.36 Å². The number of hydrogen-bond donors (Lipinski definition) is 0. The number of benzene rings is 2. The van der Waals surface area contributed by atoms with Gasteiger partial charge >= 0.3 is 5.97 Å². The van der Waals surface area contributed by atoms with Gasteiger partial charge < -0.3 is 9.64 Å². The number of carbonyl (C=O) groups excluding carboxylic acids is 2. The van der Waals surface area contributed by atoms with Crippen molar-refractivity contribution >= 4 is 22.9 Å². The number of esters is 1. The molecule has 0 atom stereocenters. The highest BCUT2D eigenvalue weighted by Gasteiger charge is 2.15. The SMILES string of the molecule is Cc1nc2cc(C(=O)OCC(=O)N(C)C)ccc2n1-c1ccccc1. The Kier molecular flexibility index (Phi) is 4.52. The maximum atomic E-state index is 12.1. The Morgan fingerprint density at radius 2 is 1.84 bits per heavy atom. The Balaban J connectivity index is 1.89. The van der Waals surface area contributed by atoms with Gasteiger partial charge in [-0.2, -0.15) is 0 Å². The van der Waals surface area contributed by atoms with E-state index in [0.29, 0.717) is 11.1 Å². The first-order valence-corrected chi connectivity index (χ1v) is 7.89. The van der Waals surface area contributed by atoms with Gasteiger partial charge in [-0.15, -0.1) is 0 Å². The molecule has 6 nitrogen and oxygen atoms in total. The normalized spacial score (nSPS) is 10.7. The Bertz CT molecular complexity index is 930. The number of aromatic nitrogens is 2. The van der Waals surface area contributed by atoms with Crippen LogP contribution in [-0.2, 0) is 9.53 Å². The maximum absolute atomic E-state index is 12.1. The van der Waals surface area contributed by atoms with Crippen molar-refractivity contribution in [1.29, 1.82) is 0 Å². The predicted octanol–water partition coefficient (Wildman–Crippen LogP) is 2.58. The zero-order chi connectivity index (χ0) is 18.0. The standard InChI is InChI=1S/C19H19N3O3/c1-13-20-16-11-14(19(24)25-12-18(23)21(2)3)9-10-17(16)22(13)15-7-5-4-6-8-15/h4-11H,12H2,1-3H3. The first kappa shape index (κ1) is 16.7. The van der Waals surface area contributed by atoms with E-state index in [1.807, 2.05) is 47.9 Å². The number of fused-ring (bicyclic) bond motifs is 1. The van der Waals surface area contributed by atoms with E-state index in [2.05, 4.69) is 4.98 Å². The molecule has 0 saturated heterocycles. The van der Waals surface area contributed by atoms with Crippen LogP contribution < -0.4 is 0 Å². The zero-order valence-electron chi connectivity index (χ0n) is 14.4. The molecule has 0 saturated carbocycles. The fraction of sp³-hybridized carbons (Fsp3) is 0.211. The smallest absolute Gasteiger partial charge is 0.338 e. The van der Waals surface area contributed by atoms with Gasteiger partial charge in [0, 0.05) is 19.8 Å². The molecule has 128 valence electrons. The number of nitrogens with zero attached hydrogens (tertiary/aromatic N) is 3. The number of hydrogen-bond acceptors (Lipinski definition) is 4. The van der Waals surface area contributed by atoms with Gasteiger partial charge in [0.25, 0.3) is 5.91 Å². The molecule has 0 radical (unpaired) electrons. The molecule has 0 spiro atoms. The van der Waals surface area contributed by atoms with Gasteiger partial charge in [0.2, 0.25) is 0 Å². The van der Waals surface area contributed by atoms with Crippen molar-refractivity contribution in [2.24, 2.45) is 0 Å². The Labute approximate surface area is 145 Å². The minimum absolute atomic E-state index is 0.265. The molecule has 3 rings (SSSR count). The fourth-order valence-electron chi connectivity index (χ4n) is 2.57. The van der Waals surface area contributed by atoms with Crippen LogP contribution in [0.15, 0.2) is 48.5 Å². The minimum Gasteiger partial charge on any atom is -0.452 e. The number of para-hydroxylation sites is 1. The highest BCUT2D eigenvalue weighted by Crippen LogP contribution is 2.22. The average Bonchev–Trinajstić information content (AvgIpc) is 2.94. The molecule has 0 aliphatic carbocycles. The monoisotopic (exact) mass is 337 g/mol. The van der Waals surface area contributed by atoms with Crippen molar-refractivity contribution in [2.75, 3.05) is 20.7 Å². The molecule has 0 aliphatic heterocycles. The second-order valence-corrected chi connectivity index (χ2v) is 5.90. The molecule has 0 unspecified atom stereocenters. The molecule has 25 heavy (non-hydrogen) atoms. The van der Waals surface area contributed by atoms with Crippen LogP contribution in [-0.4, -0.2) is 47.0 Å². The lowest BCUT2D eigenvalue weighted by Crippen LogP contribution is -2.27. The Morgan fingerprint density at radius 3 is 2.52 bits per heavy atom. The van der Waals surface area contributed by atoms with E-state index < -0.39 is 5.97 Å². The summed E-state index contributed by atoms with van der Waals surface area (Å²) in [4.78, 5) is 29.6. The predicted molar refractivity (Wildman–Crippen MR) is 94.8 cm³/mol. The lowest BCUT2D eigenvalue weighted by Gasteiger charge is -2.10. The van der Waals surface area contributed by atoms with E-state index in [-0.39, 0.29) is 12.5 Å². The molecule has 0 aliphatic rings. The third kappa shape index (κ3) is 3.38. The van der Waals surface area contributed by atoms with Crippen LogP contribution in [0.5, 0.6) is 0 Å². The van der Waals surface area contributed by atoms with Gasteiger partial charge in [0.15, 0.2) is 6.61 Å². The largest absolute Gasteiger partial charge is 0.452 e. The summed E-state index contributed by atoms with van der Waals surface area (Å²) < 4.78 is 7.08. The van der Waals surface area contributed by atoms with Crippen LogP contribution in [0.2, 0.25) is 0 Å². The molecule has 3 aromatic rings. The van der Waals surface area contributed by atoms with E-state index in [0.717, 1.165) is 17.0 Å². The molecule has 6 heteroatoms. The molecular weight excluding hydrogens is 318 g/mol. The van der Waals surface area contributed by atoms with Crippen LogP contribution in [0.3, 0.4) is 0 Å². The first-order chi connectivity index (χ1) is 12.0. The Hall–Kier alpha value is -3.15. The number of likely N-dealkylation sites (N-methyl/N-ethyl adjacent to an activating group) is 1. The molecule has 0 bridgehead atoms. The van der Waals surface area contributed by atoms with Crippen molar-refractivity contribution in [2.45, 2.75) is 6.92 Å². The molecule has 0 N–H and O–H groups in total. The van der Waals surface area contributed by atoms with Gasteiger partial charge in [-0.25, -0.2) is 9.78 Å². The number of imidazole rings is 1. The molecule has 2 aromatic carbocycles. The second-order valence-electron chi connectivity index (χ2n) is 5.90. The van der Waals surface area contributed by atoms with Crippen LogP contribution >= 0.6 is 0 Å². The van der Waals surface area contributed by atoms with Gasteiger partial charge in [0.1, 0.15) is 5.82 Å². The number of carbonyl (C=O) groups is 2. The van der Waals surface area contributed by atoms with Gasteiger partial charge in [0.05, 0.1) is 16.6 Å². The summed E-state index contributed by atoms with van der Waals surface area (Å²) in [6.07, 6.45) is 0. The second kappa shape index (κ2) is 6.76. The van der Waals surface area contributed by atoms with E-state index in [4.69, 9.17) is 4.74 Å². The highest BCUT2D eigenvalue weighted by atomic mass is 16.5. The summed E-state index contributed by atoms with van der Waals surface area (Å²) in [5, 5.41) is 0. The third-order valence-electron chi connectivity index (χ3n) is 3.90. The highest BCUT2D eigenvalue weighted by molar-refractivity contribution is 5.95.